The topological polar surface area (TPSA) is 32.2 Å². The van der Waals surface area contributed by atoms with Crippen molar-refractivity contribution in [2.45, 2.75) is 13.1 Å². The highest BCUT2D eigenvalue weighted by atomic mass is 16.5. The van der Waals surface area contributed by atoms with Gasteiger partial charge < -0.3 is 14.5 Å². The monoisotopic (exact) mass is 300 g/mol. The van der Waals surface area contributed by atoms with Gasteiger partial charge in [0.15, 0.2) is 12.4 Å². The summed E-state index contributed by atoms with van der Waals surface area (Å²) < 4.78 is 5.47. The SMILES string of the molecule is COc1ccccc1C[NH+]1CC[NH+](Cc2cc[nH+]cc2)CC1. The first kappa shape index (κ1) is 15.0. The predicted molar refractivity (Wildman–Crippen MR) is 84.8 cm³/mol. The van der Waals surface area contributed by atoms with Crippen molar-refractivity contribution >= 4 is 0 Å². The van der Waals surface area contributed by atoms with E-state index in [1.165, 1.54) is 37.3 Å². The maximum absolute atomic E-state index is 5.47. The van der Waals surface area contributed by atoms with Gasteiger partial charge in [0, 0.05) is 23.3 Å². The fourth-order valence-corrected chi connectivity index (χ4v) is 3.26. The zero-order valence-corrected chi connectivity index (χ0v) is 13.3. The number of aromatic amines is 1. The lowest BCUT2D eigenvalue weighted by molar-refractivity contribution is -1.02. The molecule has 0 atom stereocenters. The number of hydrogen-bond acceptors (Lipinski definition) is 1. The molecule has 0 spiro atoms. The minimum absolute atomic E-state index is 1.02. The first-order valence-corrected chi connectivity index (χ1v) is 8.09. The number of rotatable bonds is 5. The van der Waals surface area contributed by atoms with Crippen LogP contribution in [0.25, 0.3) is 0 Å². The fraction of sp³-hybridized carbons (Fsp3) is 0.389. The third-order valence-corrected chi connectivity index (χ3v) is 4.54. The molecule has 1 aliphatic rings. The van der Waals surface area contributed by atoms with Crippen LogP contribution in [0.3, 0.4) is 0 Å². The first-order chi connectivity index (χ1) is 10.8. The van der Waals surface area contributed by atoms with Crippen molar-refractivity contribution in [2.24, 2.45) is 0 Å². The van der Waals surface area contributed by atoms with Crippen LogP contribution < -0.4 is 19.5 Å². The van der Waals surface area contributed by atoms with Crippen LogP contribution in [-0.2, 0) is 13.1 Å². The normalized spacial score (nSPS) is 21.5. The molecule has 0 aliphatic carbocycles. The molecule has 3 rings (SSSR count). The van der Waals surface area contributed by atoms with Crippen LogP contribution in [0.4, 0.5) is 0 Å². The molecule has 2 heterocycles. The summed E-state index contributed by atoms with van der Waals surface area (Å²) in [6.45, 7) is 7.14. The molecule has 2 aromatic rings. The Balaban J connectivity index is 1.51. The molecule has 1 aliphatic heterocycles. The molecular formula is C18H26N3O+3. The summed E-state index contributed by atoms with van der Waals surface area (Å²) >= 11 is 0. The second-order valence-electron chi connectivity index (χ2n) is 6.07. The van der Waals surface area contributed by atoms with E-state index in [9.17, 15) is 0 Å². The number of pyridine rings is 1. The molecule has 1 aromatic heterocycles. The molecule has 4 heteroatoms. The molecule has 1 fully saturated rings. The highest BCUT2D eigenvalue weighted by molar-refractivity contribution is 5.32. The summed E-state index contributed by atoms with van der Waals surface area (Å²) in [5.41, 5.74) is 2.74. The molecule has 1 saturated heterocycles. The maximum atomic E-state index is 5.47. The summed E-state index contributed by atoms with van der Waals surface area (Å²) in [5, 5.41) is 0. The second-order valence-corrected chi connectivity index (χ2v) is 6.07. The summed E-state index contributed by atoms with van der Waals surface area (Å²) in [6.07, 6.45) is 4.02. The van der Waals surface area contributed by atoms with E-state index in [0.29, 0.717) is 0 Å². The van der Waals surface area contributed by atoms with Gasteiger partial charge in [-0.2, -0.15) is 0 Å². The van der Waals surface area contributed by atoms with Gasteiger partial charge in [0.2, 0.25) is 0 Å². The fourth-order valence-electron chi connectivity index (χ4n) is 3.26. The van der Waals surface area contributed by atoms with Crippen molar-refractivity contribution in [2.75, 3.05) is 33.3 Å². The number of H-pyrrole nitrogens is 1. The number of aromatic nitrogens is 1. The summed E-state index contributed by atoms with van der Waals surface area (Å²) in [7, 11) is 1.76. The highest BCUT2D eigenvalue weighted by Gasteiger charge is 2.23. The second kappa shape index (κ2) is 7.38. The van der Waals surface area contributed by atoms with Crippen LogP contribution in [0.2, 0.25) is 0 Å². The predicted octanol–water partition coefficient (Wildman–Crippen LogP) is -1.01. The molecular weight excluding hydrogens is 274 g/mol. The largest absolute Gasteiger partial charge is 0.496 e. The Hall–Kier alpha value is -1.91. The van der Waals surface area contributed by atoms with Crippen LogP contribution in [0.5, 0.6) is 5.75 Å². The molecule has 0 radical (unpaired) electrons. The average Bonchev–Trinajstić information content (AvgIpc) is 2.58. The van der Waals surface area contributed by atoms with Crippen molar-refractivity contribution in [3.05, 3.63) is 59.9 Å². The number of piperazine rings is 1. The minimum atomic E-state index is 1.02. The number of para-hydroxylation sites is 1. The highest BCUT2D eigenvalue weighted by Crippen LogP contribution is 2.15. The van der Waals surface area contributed by atoms with E-state index in [4.69, 9.17) is 4.74 Å². The third kappa shape index (κ3) is 3.84. The van der Waals surface area contributed by atoms with Gasteiger partial charge in [-0.25, -0.2) is 4.98 Å². The third-order valence-electron chi connectivity index (χ3n) is 4.54. The van der Waals surface area contributed by atoms with Gasteiger partial charge >= 0.3 is 0 Å². The Bertz CT molecular complexity index is 580. The van der Waals surface area contributed by atoms with Gasteiger partial charge in [-0.1, -0.05) is 12.1 Å². The molecule has 116 valence electrons. The lowest BCUT2D eigenvalue weighted by Gasteiger charge is -2.30. The van der Waals surface area contributed by atoms with E-state index in [-0.39, 0.29) is 0 Å². The van der Waals surface area contributed by atoms with E-state index >= 15 is 0 Å². The van der Waals surface area contributed by atoms with E-state index in [0.717, 1.165) is 18.8 Å². The zero-order chi connectivity index (χ0) is 15.2. The Kier molecular flexibility index (Phi) is 5.03. The number of ether oxygens (including phenoxy) is 1. The van der Waals surface area contributed by atoms with Crippen LogP contribution in [0, 0.1) is 0 Å². The summed E-state index contributed by atoms with van der Waals surface area (Å²) in [4.78, 5) is 6.44. The Morgan fingerprint density at radius 1 is 0.909 bits per heavy atom. The zero-order valence-electron chi connectivity index (χ0n) is 13.3. The van der Waals surface area contributed by atoms with Crippen LogP contribution in [0.1, 0.15) is 11.1 Å². The van der Waals surface area contributed by atoms with E-state index in [1.54, 1.807) is 16.9 Å². The van der Waals surface area contributed by atoms with Crippen LogP contribution in [-0.4, -0.2) is 33.3 Å². The minimum Gasteiger partial charge on any atom is -0.496 e. The number of benzene rings is 1. The number of methoxy groups -OCH3 is 1. The lowest BCUT2D eigenvalue weighted by Crippen LogP contribution is -3.27. The lowest BCUT2D eigenvalue weighted by atomic mass is 10.1. The van der Waals surface area contributed by atoms with E-state index in [1.807, 2.05) is 18.5 Å². The van der Waals surface area contributed by atoms with Gasteiger partial charge in [0.1, 0.15) is 45.0 Å². The molecule has 4 nitrogen and oxygen atoms in total. The first-order valence-electron chi connectivity index (χ1n) is 8.09. The molecule has 0 amide bonds. The maximum Gasteiger partial charge on any atom is 0.167 e. The Labute approximate surface area is 132 Å². The van der Waals surface area contributed by atoms with Crippen LogP contribution >= 0.6 is 0 Å². The molecule has 0 saturated carbocycles. The Morgan fingerprint density at radius 2 is 1.55 bits per heavy atom. The average molecular weight is 300 g/mol. The van der Waals surface area contributed by atoms with Gasteiger partial charge in [0.05, 0.1) is 7.11 Å². The molecule has 0 unspecified atom stereocenters. The number of nitrogens with one attached hydrogen (secondary N) is 3. The quantitative estimate of drug-likeness (QED) is 0.729. The van der Waals surface area contributed by atoms with Crippen molar-refractivity contribution in [3.8, 4) is 5.75 Å². The van der Waals surface area contributed by atoms with Crippen molar-refractivity contribution in [1.29, 1.82) is 0 Å². The van der Waals surface area contributed by atoms with E-state index < -0.39 is 0 Å². The van der Waals surface area contributed by atoms with Crippen molar-refractivity contribution in [3.63, 3.8) is 0 Å². The van der Waals surface area contributed by atoms with E-state index in [2.05, 4.69) is 35.3 Å². The smallest absolute Gasteiger partial charge is 0.167 e. The summed E-state index contributed by atoms with van der Waals surface area (Å²) in [6, 6.07) is 12.7. The van der Waals surface area contributed by atoms with Gasteiger partial charge in [-0.15, -0.1) is 0 Å². The van der Waals surface area contributed by atoms with Gasteiger partial charge in [-0.05, 0) is 12.1 Å². The molecule has 0 bridgehead atoms. The summed E-state index contributed by atoms with van der Waals surface area (Å²) in [5.74, 6) is 1.02. The number of quaternary nitrogens is 2. The molecule has 1 aromatic carbocycles. The molecule has 3 N–H and O–H groups in total. The number of hydrogen-bond donors (Lipinski definition) is 2. The van der Waals surface area contributed by atoms with Crippen molar-refractivity contribution in [1.82, 2.24) is 0 Å². The van der Waals surface area contributed by atoms with Crippen molar-refractivity contribution < 1.29 is 19.5 Å². The molecule has 22 heavy (non-hydrogen) atoms. The standard InChI is InChI=1S/C18H23N3O/c1-22-18-5-3-2-4-17(18)15-21-12-10-20(11-13-21)14-16-6-8-19-9-7-16/h2-9H,10-15H2,1H3/p+3. The van der Waals surface area contributed by atoms with Gasteiger partial charge in [0.25, 0.3) is 0 Å². The Morgan fingerprint density at radius 3 is 2.23 bits per heavy atom. The van der Waals surface area contributed by atoms with Crippen LogP contribution in [0.15, 0.2) is 48.8 Å². The van der Waals surface area contributed by atoms with Gasteiger partial charge in [-0.3, -0.25) is 0 Å².